The highest BCUT2D eigenvalue weighted by molar-refractivity contribution is 5.80. The first-order chi connectivity index (χ1) is 9.73. The summed E-state index contributed by atoms with van der Waals surface area (Å²) in [7, 11) is 1.84. The Morgan fingerprint density at radius 3 is 2.48 bits per heavy atom. The fourth-order valence-electron chi connectivity index (χ4n) is 3.02. The predicted molar refractivity (Wildman–Crippen MR) is 87.3 cm³/mol. The second-order valence-corrected chi connectivity index (χ2v) is 7.56. The summed E-state index contributed by atoms with van der Waals surface area (Å²) in [6.45, 7) is 14.7. The van der Waals surface area contributed by atoms with Crippen molar-refractivity contribution in [3.8, 4) is 0 Å². The van der Waals surface area contributed by atoms with Crippen LogP contribution in [0.4, 0.5) is 0 Å². The van der Waals surface area contributed by atoms with Crippen LogP contribution in [0.3, 0.4) is 0 Å². The van der Waals surface area contributed by atoms with Crippen LogP contribution in [0, 0.1) is 11.3 Å². The van der Waals surface area contributed by atoms with Gasteiger partial charge in [0, 0.05) is 6.54 Å². The van der Waals surface area contributed by atoms with E-state index in [1.165, 1.54) is 19.5 Å². The topological polar surface area (TPSA) is 41.6 Å². The van der Waals surface area contributed by atoms with Gasteiger partial charge in [-0.1, -0.05) is 20.8 Å². The van der Waals surface area contributed by atoms with E-state index in [4.69, 9.17) is 4.74 Å². The van der Waals surface area contributed by atoms with Gasteiger partial charge in [0.05, 0.1) is 6.61 Å². The third-order valence-corrected chi connectivity index (χ3v) is 4.93. The number of likely N-dealkylation sites (N-methyl/N-ethyl adjacent to an activating group) is 1. The summed E-state index contributed by atoms with van der Waals surface area (Å²) in [5, 5.41) is 3.13. The lowest BCUT2D eigenvalue weighted by atomic mass is 9.80. The SMILES string of the molecule is CCOC(=O)C(C)(CCCN1CCC(C(C)(C)C)C1)NC. The van der Waals surface area contributed by atoms with Crippen molar-refractivity contribution < 1.29 is 9.53 Å². The number of rotatable bonds is 7. The van der Waals surface area contributed by atoms with Gasteiger partial charge in [-0.05, 0) is 64.6 Å². The lowest BCUT2D eigenvalue weighted by Crippen LogP contribution is -2.49. The van der Waals surface area contributed by atoms with Crippen molar-refractivity contribution in [3.63, 3.8) is 0 Å². The average molecular weight is 298 g/mol. The van der Waals surface area contributed by atoms with E-state index in [9.17, 15) is 4.79 Å². The Labute approximate surface area is 130 Å². The summed E-state index contributed by atoms with van der Waals surface area (Å²) >= 11 is 0. The first-order valence-corrected chi connectivity index (χ1v) is 8.31. The van der Waals surface area contributed by atoms with Crippen LogP contribution in [0.25, 0.3) is 0 Å². The number of ether oxygens (including phenoxy) is 1. The molecule has 1 aliphatic rings. The molecule has 2 unspecified atom stereocenters. The van der Waals surface area contributed by atoms with Crippen LogP contribution in [0.1, 0.15) is 53.9 Å². The fourth-order valence-corrected chi connectivity index (χ4v) is 3.02. The number of hydrogen-bond donors (Lipinski definition) is 1. The summed E-state index contributed by atoms with van der Waals surface area (Å²) < 4.78 is 5.17. The quantitative estimate of drug-likeness (QED) is 0.734. The van der Waals surface area contributed by atoms with Gasteiger partial charge in [-0.3, -0.25) is 4.79 Å². The molecule has 0 amide bonds. The Morgan fingerprint density at radius 1 is 1.33 bits per heavy atom. The van der Waals surface area contributed by atoms with E-state index in [0.29, 0.717) is 12.0 Å². The molecule has 0 spiro atoms. The molecule has 124 valence electrons. The van der Waals surface area contributed by atoms with Crippen LogP contribution in [-0.4, -0.2) is 49.7 Å². The van der Waals surface area contributed by atoms with E-state index in [2.05, 4.69) is 31.0 Å². The first kappa shape index (κ1) is 18.4. The molecule has 0 saturated carbocycles. The minimum Gasteiger partial charge on any atom is -0.465 e. The number of nitrogens with one attached hydrogen (secondary N) is 1. The van der Waals surface area contributed by atoms with E-state index in [0.717, 1.165) is 25.3 Å². The van der Waals surface area contributed by atoms with E-state index in [1.54, 1.807) is 0 Å². The molecule has 2 atom stereocenters. The number of hydrogen-bond acceptors (Lipinski definition) is 4. The van der Waals surface area contributed by atoms with Crippen molar-refractivity contribution in [2.24, 2.45) is 11.3 Å². The highest BCUT2D eigenvalue weighted by Gasteiger charge is 2.34. The van der Waals surface area contributed by atoms with E-state index < -0.39 is 5.54 Å². The van der Waals surface area contributed by atoms with Gasteiger partial charge in [0.1, 0.15) is 5.54 Å². The minimum atomic E-state index is -0.556. The number of likely N-dealkylation sites (tertiary alicyclic amines) is 1. The van der Waals surface area contributed by atoms with Gasteiger partial charge in [-0.2, -0.15) is 0 Å². The Morgan fingerprint density at radius 2 is 2.00 bits per heavy atom. The van der Waals surface area contributed by atoms with Gasteiger partial charge in [0.2, 0.25) is 0 Å². The van der Waals surface area contributed by atoms with E-state index >= 15 is 0 Å². The summed E-state index contributed by atoms with van der Waals surface area (Å²) in [5.41, 5.74) is -0.154. The fraction of sp³-hybridized carbons (Fsp3) is 0.941. The molecular formula is C17H34N2O2. The molecule has 1 aliphatic heterocycles. The predicted octanol–water partition coefficient (Wildman–Crippen LogP) is 2.68. The number of carbonyl (C=O) groups is 1. The Kier molecular flexibility index (Phi) is 6.67. The maximum absolute atomic E-state index is 12.0. The molecule has 0 aliphatic carbocycles. The second-order valence-electron chi connectivity index (χ2n) is 7.56. The van der Waals surface area contributed by atoms with Crippen molar-refractivity contribution in [3.05, 3.63) is 0 Å². The second kappa shape index (κ2) is 7.59. The maximum atomic E-state index is 12.0. The minimum absolute atomic E-state index is 0.138. The van der Waals surface area contributed by atoms with E-state index in [-0.39, 0.29) is 5.97 Å². The summed E-state index contributed by atoms with van der Waals surface area (Å²) in [5.74, 6) is 0.653. The lowest BCUT2D eigenvalue weighted by Gasteiger charge is -2.29. The standard InChI is InChI=1S/C17H34N2O2/c1-7-21-15(20)17(5,18-6)10-8-11-19-12-9-14(13-19)16(2,3)4/h14,18H,7-13H2,1-6H3. The third kappa shape index (κ3) is 5.26. The third-order valence-electron chi connectivity index (χ3n) is 4.93. The normalized spacial score (nSPS) is 23.0. The number of carbonyl (C=O) groups excluding carboxylic acids is 1. The molecule has 1 N–H and O–H groups in total. The summed E-state index contributed by atoms with van der Waals surface area (Å²) in [6.07, 6.45) is 3.14. The molecule has 4 nitrogen and oxygen atoms in total. The Hall–Kier alpha value is -0.610. The molecular weight excluding hydrogens is 264 g/mol. The molecule has 1 rings (SSSR count). The first-order valence-electron chi connectivity index (χ1n) is 8.31. The number of nitrogens with zero attached hydrogens (tertiary/aromatic N) is 1. The molecule has 0 aromatic rings. The largest absolute Gasteiger partial charge is 0.465 e. The zero-order valence-electron chi connectivity index (χ0n) is 14.8. The molecule has 4 heteroatoms. The van der Waals surface area contributed by atoms with Crippen LogP contribution in [0.5, 0.6) is 0 Å². The highest BCUT2D eigenvalue weighted by Crippen LogP contribution is 2.33. The van der Waals surface area contributed by atoms with Gasteiger partial charge in [-0.25, -0.2) is 0 Å². The molecule has 0 radical (unpaired) electrons. The Bertz CT molecular complexity index is 338. The molecule has 21 heavy (non-hydrogen) atoms. The van der Waals surface area contributed by atoms with Crippen molar-refractivity contribution in [1.29, 1.82) is 0 Å². The van der Waals surface area contributed by atoms with Crippen LogP contribution in [-0.2, 0) is 9.53 Å². The van der Waals surface area contributed by atoms with Gasteiger partial charge < -0.3 is 15.0 Å². The van der Waals surface area contributed by atoms with Crippen molar-refractivity contribution in [2.45, 2.75) is 59.4 Å². The molecule has 1 saturated heterocycles. The Balaban J connectivity index is 2.38. The molecule has 0 aromatic carbocycles. The number of esters is 1. The van der Waals surface area contributed by atoms with Gasteiger partial charge in [0.15, 0.2) is 0 Å². The molecule has 1 fully saturated rings. The van der Waals surface area contributed by atoms with Crippen LogP contribution in [0.15, 0.2) is 0 Å². The van der Waals surface area contributed by atoms with E-state index in [1.807, 2.05) is 20.9 Å². The van der Waals surface area contributed by atoms with Gasteiger partial charge >= 0.3 is 5.97 Å². The smallest absolute Gasteiger partial charge is 0.326 e. The molecule has 1 heterocycles. The zero-order chi connectivity index (χ0) is 16.1. The molecule has 0 aromatic heterocycles. The van der Waals surface area contributed by atoms with Crippen LogP contribution in [0.2, 0.25) is 0 Å². The lowest BCUT2D eigenvalue weighted by molar-refractivity contribution is -0.150. The zero-order valence-corrected chi connectivity index (χ0v) is 14.8. The summed E-state index contributed by atoms with van der Waals surface area (Å²) in [4.78, 5) is 14.5. The average Bonchev–Trinajstić information content (AvgIpc) is 2.87. The maximum Gasteiger partial charge on any atom is 0.326 e. The monoisotopic (exact) mass is 298 g/mol. The van der Waals surface area contributed by atoms with Crippen LogP contribution < -0.4 is 5.32 Å². The van der Waals surface area contributed by atoms with Gasteiger partial charge in [0.25, 0.3) is 0 Å². The highest BCUT2D eigenvalue weighted by atomic mass is 16.5. The molecule has 0 bridgehead atoms. The summed E-state index contributed by atoms with van der Waals surface area (Å²) in [6, 6.07) is 0. The van der Waals surface area contributed by atoms with Crippen LogP contribution >= 0.6 is 0 Å². The van der Waals surface area contributed by atoms with Crippen molar-refractivity contribution >= 4 is 5.97 Å². The van der Waals surface area contributed by atoms with Gasteiger partial charge in [-0.15, -0.1) is 0 Å². The van der Waals surface area contributed by atoms with Crippen molar-refractivity contribution in [2.75, 3.05) is 33.3 Å². The van der Waals surface area contributed by atoms with Crippen molar-refractivity contribution in [1.82, 2.24) is 10.2 Å².